The van der Waals surface area contributed by atoms with Crippen LogP contribution in [0.25, 0.3) is 0 Å². The summed E-state index contributed by atoms with van der Waals surface area (Å²) in [6.45, 7) is 2.23. The quantitative estimate of drug-likeness (QED) is 0.280. The Bertz CT molecular complexity index is 412. The predicted octanol–water partition coefficient (Wildman–Crippen LogP) is 4.42. The van der Waals surface area contributed by atoms with Crippen molar-refractivity contribution in [3.63, 3.8) is 0 Å². The minimum Gasteiger partial charge on any atom is -0.477 e. The molecule has 1 aliphatic carbocycles. The van der Waals surface area contributed by atoms with Gasteiger partial charge in [-0.05, 0) is 50.4 Å². The number of carbonyl (C=O) groups is 1. The third-order valence-corrected chi connectivity index (χ3v) is 4.93. The van der Waals surface area contributed by atoms with E-state index in [4.69, 9.17) is 5.11 Å². The van der Waals surface area contributed by atoms with Crippen LogP contribution in [0.2, 0.25) is 0 Å². The van der Waals surface area contributed by atoms with Gasteiger partial charge in [0.05, 0.1) is 0 Å². The van der Waals surface area contributed by atoms with Crippen LogP contribution in [0.4, 0.5) is 0 Å². The lowest BCUT2D eigenvalue weighted by Gasteiger charge is -2.15. The lowest BCUT2D eigenvalue weighted by molar-refractivity contribution is -0.205. The molecule has 0 amide bonds. The molecule has 138 valence electrons. The molecule has 1 fully saturated rings. The van der Waals surface area contributed by atoms with Gasteiger partial charge in [0.1, 0.15) is 0 Å². The first-order valence-electron chi connectivity index (χ1n) is 9.47. The van der Waals surface area contributed by atoms with Crippen LogP contribution in [-0.4, -0.2) is 27.1 Å². The standard InChI is InChI=1S/C20H34O4/c1-2-3-4-5-6-8-12-17-14-11-15-18(17)13-9-7-10-16-20(23,24)19(21)22/h7-9,12,17-18,23-24H,2-6,10-11,13-16H2,1H3,(H,21,22)/t17-,18-/m0/s1. The highest BCUT2D eigenvalue weighted by Gasteiger charge is 2.31. The number of carboxylic acid groups (broad SMARTS) is 1. The molecular weight excluding hydrogens is 304 g/mol. The average Bonchev–Trinajstić information content (AvgIpc) is 2.97. The van der Waals surface area contributed by atoms with Gasteiger partial charge in [0.15, 0.2) is 0 Å². The normalized spacial score (nSPS) is 22.0. The molecule has 0 bridgehead atoms. The van der Waals surface area contributed by atoms with Gasteiger partial charge in [-0.3, -0.25) is 0 Å². The summed E-state index contributed by atoms with van der Waals surface area (Å²) in [7, 11) is 0. The Labute approximate surface area is 146 Å². The molecule has 0 saturated heterocycles. The zero-order chi connectivity index (χ0) is 17.8. The third-order valence-electron chi connectivity index (χ3n) is 4.93. The fourth-order valence-corrected chi connectivity index (χ4v) is 3.35. The number of rotatable bonds is 12. The van der Waals surface area contributed by atoms with E-state index in [1.807, 2.05) is 6.08 Å². The number of unbranched alkanes of at least 4 members (excludes halogenated alkanes) is 4. The number of allylic oxidation sites excluding steroid dienone is 4. The molecule has 0 aromatic heterocycles. The summed E-state index contributed by atoms with van der Waals surface area (Å²) in [6.07, 6.45) is 20.0. The van der Waals surface area contributed by atoms with E-state index in [1.165, 1.54) is 51.4 Å². The molecule has 4 nitrogen and oxygen atoms in total. The van der Waals surface area contributed by atoms with Crippen LogP contribution in [0.15, 0.2) is 24.3 Å². The number of aliphatic hydroxyl groups is 2. The maximum Gasteiger partial charge on any atom is 0.364 e. The first kappa shape index (κ1) is 20.9. The van der Waals surface area contributed by atoms with Crippen LogP contribution in [0.3, 0.4) is 0 Å². The van der Waals surface area contributed by atoms with Crippen molar-refractivity contribution < 1.29 is 20.1 Å². The number of hydrogen-bond donors (Lipinski definition) is 3. The minimum atomic E-state index is -2.61. The molecule has 0 spiro atoms. The molecule has 3 N–H and O–H groups in total. The molecule has 1 saturated carbocycles. The molecule has 1 aliphatic rings. The molecule has 0 radical (unpaired) electrons. The van der Waals surface area contributed by atoms with Gasteiger partial charge in [-0.1, -0.05) is 56.9 Å². The molecule has 0 aromatic carbocycles. The first-order chi connectivity index (χ1) is 11.5. The van der Waals surface area contributed by atoms with Crippen molar-refractivity contribution in [3.05, 3.63) is 24.3 Å². The second-order valence-electron chi connectivity index (χ2n) is 7.00. The van der Waals surface area contributed by atoms with E-state index < -0.39 is 11.8 Å². The highest BCUT2D eigenvalue weighted by Crippen LogP contribution is 2.35. The Hall–Kier alpha value is -1.13. The van der Waals surface area contributed by atoms with Crippen LogP contribution >= 0.6 is 0 Å². The van der Waals surface area contributed by atoms with E-state index in [0.717, 1.165) is 6.42 Å². The Kier molecular flexibility index (Phi) is 9.96. The van der Waals surface area contributed by atoms with E-state index in [-0.39, 0.29) is 6.42 Å². The van der Waals surface area contributed by atoms with E-state index in [9.17, 15) is 15.0 Å². The monoisotopic (exact) mass is 338 g/mol. The Morgan fingerprint density at radius 3 is 2.58 bits per heavy atom. The van der Waals surface area contributed by atoms with Crippen LogP contribution in [0.5, 0.6) is 0 Å². The zero-order valence-corrected chi connectivity index (χ0v) is 15.0. The number of hydrogen-bond acceptors (Lipinski definition) is 3. The molecule has 0 unspecified atom stereocenters. The SMILES string of the molecule is CCCCCCC=C[C@H]1CCC[C@@H]1CC=CCCC(O)(O)C(=O)O. The fraction of sp³-hybridized carbons (Fsp3) is 0.750. The molecular formula is C20H34O4. The number of aliphatic carboxylic acids is 1. The highest BCUT2D eigenvalue weighted by molar-refractivity contribution is 5.74. The van der Waals surface area contributed by atoms with Crippen molar-refractivity contribution in [2.45, 2.75) is 83.3 Å². The maximum atomic E-state index is 10.6. The zero-order valence-electron chi connectivity index (χ0n) is 15.0. The van der Waals surface area contributed by atoms with Crippen molar-refractivity contribution in [1.29, 1.82) is 0 Å². The molecule has 24 heavy (non-hydrogen) atoms. The van der Waals surface area contributed by atoms with Gasteiger partial charge in [-0.2, -0.15) is 0 Å². The predicted molar refractivity (Wildman–Crippen MR) is 96.5 cm³/mol. The lowest BCUT2D eigenvalue weighted by Crippen LogP contribution is -2.37. The van der Waals surface area contributed by atoms with Gasteiger partial charge in [0.25, 0.3) is 5.79 Å². The summed E-state index contributed by atoms with van der Waals surface area (Å²) in [4.78, 5) is 10.6. The summed E-state index contributed by atoms with van der Waals surface area (Å²) < 4.78 is 0. The molecule has 0 aromatic rings. The summed E-state index contributed by atoms with van der Waals surface area (Å²) in [5, 5.41) is 27.1. The average molecular weight is 338 g/mol. The van der Waals surface area contributed by atoms with Gasteiger partial charge in [-0.15, -0.1) is 0 Å². The largest absolute Gasteiger partial charge is 0.477 e. The van der Waals surface area contributed by atoms with Gasteiger partial charge >= 0.3 is 5.97 Å². The summed E-state index contributed by atoms with van der Waals surface area (Å²) >= 11 is 0. The molecule has 4 heteroatoms. The second kappa shape index (κ2) is 11.4. The second-order valence-corrected chi connectivity index (χ2v) is 7.00. The van der Waals surface area contributed by atoms with Gasteiger partial charge in [-0.25, -0.2) is 4.79 Å². The highest BCUT2D eigenvalue weighted by atomic mass is 16.5. The topological polar surface area (TPSA) is 77.8 Å². The van der Waals surface area contributed by atoms with Crippen LogP contribution < -0.4 is 0 Å². The van der Waals surface area contributed by atoms with Crippen LogP contribution in [0.1, 0.15) is 77.6 Å². The van der Waals surface area contributed by atoms with E-state index in [0.29, 0.717) is 18.3 Å². The molecule has 2 atom stereocenters. The molecule has 1 rings (SSSR count). The molecule has 0 heterocycles. The number of carboxylic acids is 1. The van der Waals surface area contributed by atoms with Crippen molar-refractivity contribution in [1.82, 2.24) is 0 Å². The Morgan fingerprint density at radius 1 is 1.08 bits per heavy atom. The van der Waals surface area contributed by atoms with Crippen molar-refractivity contribution in [2.75, 3.05) is 0 Å². The van der Waals surface area contributed by atoms with E-state index in [1.54, 1.807) is 0 Å². The van der Waals surface area contributed by atoms with Gasteiger partial charge < -0.3 is 15.3 Å². The smallest absolute Gasteiger partial charge is 0.364 e. The Balaban J connectivity index is 2.24. The lowest BCUT2D eigenvalue weighted by atomic mass is 9.92. The first-order valence-corrected chi connectivity index (χ1v) is 9.47. The third kappa shape index (κ3) is 8.11. The Morgan fingerprint density at radius 2 is 1.88 bits per heavy atom. The van der Waals surface area contributed by atoms with Gasteiger partial charge in [0.2, 0.25) is 0 Å². The summed E-state index contributed by atoms with van der Waals surface area (Å²) in [5.74, 6) is -2.87. The fourth-order valence-electron chi connectivity index (χ4n) is 3.35. The maximum absolute atomic E-state index is 10.6. The van der Waals surface area contributed by atoms with Crippen LogP contribution in [-0.2, 0) is 4.79 Å². The van der Waals surface area contributed by atoms with Crippen molar-refractivity contribution in [2.24, 2.45) is 11.8 Å². The van der Waals surface area contributed by atoms with Crippen LogP contribution in [0, 0.1) is 11.8 Å². The minimum absolute atomic E-state index is 0.176. The summed E-state index contributed by atoms with van der Waals surface area (Å²) in [5.41, 5.74) is 0. The van der Waals surface area contributed by atoms with E-state index >= 15 is 0 Å². The van der Waals surface area contributed by atoms with E-state index in [2.05, 4.69) is 25.2 Å². The van der Waals surface area contributed by atoms with Crippen molar-refractivity contribution >= 4 is 5.97 Å². The summed E-state index contributed by atoms with van der Waals surface area (Å²) in [6, 6.07) is 0. The van der Waals surface area contributed by atoms with Crippen molar-refractivity contribution in [3.8, 4) is 0 Å². The van der Waals surface area contributed by atoms with Gasteiger partial charge in [0, 0.05) is 6.42 Å². The molecule has 0 aliphatic heterocycles.